The highest BCUT2D eigenvalue weighted by Crippen LogP contribution is 2.34. The Morgan fingerprint density at radius 1 is 1.07 bits per heavy atom. The van der Waals surface area contributed by atoms with Gasteiger partial charge in [0.05, 0.1) is 10.5 Å². The molecule has 0 saturated carbocycles. The molecule has 3 rings (SSSR count). The van der Waals surface area contributed by atoms with E-state index < -0.39 is 26.7 Å². The van der Waals surface area contributed by atoms with Crippen molar-refractivity contribution in [3.05, 3.63) is 65.5 Å². The first-order valence-electron chi connectivity index (χ1n) is 8.61. The zero-order valence-corrected chi connectivity index (χ0v) is 16.5. The van der Waals surface area contributed by atoms with Gasteiger partial charge in [-0.2, -0.15) is 18.2 Å². The Hall–Kier alpha value is -2.72. The molecular formula is C19H18F3N3O3S. The van der Waals surface area contributed by atoms with Crippen molar-refractivity contribution >= 4 is 10.0 Å². The first-order valence-corrected chi connectivity index (χ1v) is 10.1. The summed E-state index contributed by atoms with van der Waals surface area (Å²) in [4.78, 5) is 3.43. The number of hydrogen-bond donors (Lipinski definition) is 0. The van der Waals surface area contributed by atoms with Crippen molar-refractivity contribution in [1.29, 1.82) is 0 Å². The van der Waals surface area contributed by atoms with Crippen molar-refractivity contribution in [2.45, 2.75) is 24.4 Å². The number of benzene rings is 2. The number of nitrogens with zero attached hydrogens (tertiary/aromatic N) is 3. The Morgan fingerprint density at radius 2 is 1.72 bits per heavy atom. The molecule has 10 heteroatoms. The molecule has 6 nitrogen and oxygen atoms in total. The molecule has 1 heterocycles. The highest BCUT2D eigenvalue weighted by Gasteiger charge is 2.38. The number of aromatic nitrogens is 2. The van der Waals surface area contributed by atoms with E-state index in [9.17, 15) is 21.6 Å². The van der Waals surface area contributed by atoms with Crippen molar-refractivity contribution in [3.63, 3.8) is 0 Å². The van der Waals surface area contributed by atoms with Gasteiger partial charge in [0.25, 0.3) is 5.89 Å². The van der Waals surface area contributed by atoms with E-state index in [0.29, 0.717) is 0 Å². The minimum Gasteiger partial charge on any atom is -0.334 e. The van der Waals surface area contributed by atoms with Crippen LogP contribution in [0, 0.1) is 6.92 Å². The third-order valence-electron chi connectivity index (χ3n) is 4.30. The maximum Gasteiger partial charge on any atom is 0.417 e. The topological polar surface area (TPSA) is 76.3 Å². The van der Waals surface area contributed by atoms with Crippen LogP contribution in [0.1, 0.15) is 17.0 Å². The first kappa shape index (κ1) is 21.0. The third-order valence-corrected chi connectivity index (χ3v) is 6.21. The van der Waals surface area contributed by atoms with Crippen LogP contribution >= 0.6 is 0 Å². The Balaban J connectivity index is 1.74. The van der Waals surface area contributed by atoms with Gasteiger partial charge in [-0.25, -0.2) is 12.7 Å². The van der Waals surface area contributed by atoms with Crippen LogP contribution in [-0.2, 0) is 22.6 Å². The summed E-state index contributed by atoms with van der Waals surface area (Å²) in [5, 5.41) is 3.81. The average molecular weight is 425 g/mol. The van der Waals surface area contributed by atoms with E-state index >= 15 is 0 Å². The van der Waals surface area contributed by atoms with Crippen LogP contribution < -0.4 is 0 Å². The van der Waals surface area contributed by atoms with E-state index in [1.165, 1.54) is 13.1 Å². The summed E-state index contributed by atoms with van der Waals surface area (Å²) >= 11 is 0. The number of hydrogen-bond acceptors (Lipinski definition) is 5. The fourth-order valence-electron chi connectivity index (χ4n) is 2.64. The molecule has 0 atom stereocenters. The molecule has 0 aliphatic carbocycles. The smallest absolute Gasteiger partial charge is 0.334 e. The van der Waals surface area contributed by atoms with Crippen molar-refractivity contribution in [2.24, 2.45) is 0 Å². The van der Waals surface area contributed by atoms with Gasteiger partial charge in [-0.1, -0.05) is 35.0 Å². The SMILES string of the molecule is Cc1ccc(-c2nc(CCN(C)S(=O)(=O)c3ccccc3C(F)(F)F)no2)cc1. The molecule has 0 radical (unpaired) electrons. The van der Waals surface area contributed by atoms with Crippen molar-refractivity contribution in [3.8, 4) is 11.5 Å². The molecule has 0 fully saturated rings. The molecule has 0 bridgehead atoms. The minimum atomic E-state index is -4.78. The molecule has 0 spiro atoms. The monoisotopic (exact) mass is 425 g/mol. The van der Waals surface area contributed by atoms with Gasteiger partial charge in [0.15, 0.2) is 5.82 Å². The lowest BCUT2D eigenvalue weighted by molar-refractivity contribution is -0.139. The standard InChI is InChI=1S/C19H18F3N3O3S/c1-13-7-9-14(10-8-13)18-23-17(24-28-18)11-12-25(2)29(26,27)16-6-4-3-5-15(16)19(20,21)22/h3-10H,11-12H2,1-2H3. The Bertz CT molecular complexity index is 1090. The molecule has 0 saturated heterocycles. The predicted octanol–water partition coefficient (Wildman–Crippen LogP) is 3.93. The van der Waals surface area contributed by atoms with Gasteiger partial charge in [-0.05, 0) is 31.2 Å². The van der Waals surface area contributed by atoms with Crippen LogP contribution in [0.5, 0.6) is 0 Å². The van der Waals surface area contributed by atoms with Gasteiger partial charge in [0, 0.05) is 25.6 Å². The van der Waals surface area contributed by atoms with Crippen LogP contribution in [0.4, 0.5) is 13.2 Å². The van der Waals surface area contributed by atoms with Crippen molar-refractivity contribution in [1.82, 2.24) is 14.4 Å². The molecule has 29 heavy (non-hydrogen) atoms. The van der Waals surface area contributed by atoms with E-state index in [4.69, 9.17) is 4.52 Å². The average Bonchev–Trinajstić information content (AvgIpc) is 3.15. The number of alkyl halides is 3. The second-order valence-electron chi connectivity index (χ2n) is 6.45. The summed E-state index contributed by atoms with van der Waals surface area (Å²) in [5.74, 6) is 0.541. The molecule has 0 aliphatic rings. The molecule has 0 unspecified atom stereocenters. The van der Waals surface area contributed by atoms with Gasteiger partial charge in [0.1, 0.15) is 0 Å². The summed E-state index contributed by atoms with van der Waals surface area (Å²) < 4.78 is 70.8. The molecule has 3 aromatic rings. The number of likely N-dealkylation sites (N-methyl/N-ethyl adjacent to an activating group) is 1. The fraction of sp³-hybridized carbons (Fsp3) is 0.263. The molecule has 154 valence electrons. The normalized spacial score (nSPS) is 12.5. The van der Waals surface area contributed by atoms with Crippen LogP contribution in [-0.4, -0.2) is 36.5 Å². The number of sulfonamides is 1. The summed E-state index contributed by atoms with van der Waals surface area (Å²) in [6.07, 6.45) is -4.69. The Morgan fingerprint density at radius 3 is 2.38 bits per heavy atom. The Labute approximate surface area is 166 Å². The van der Waals surface area contributed by atoms with Crippen molar-refractivity contribution in [2.75, 3.05) is 13.6 Å². The molecule has 0 N–H and O–H groups in total. The zero-order chi connectivity index (χ0) is 21.2. The minimum absolute atomic E-state index is 0.0826. The molecule has 0 aliphatic heterocycles. The lowest BCUT2D eigenvalue weighted by Gasteiger charge is -2.19. The van der Waals surface area contributed by atoms with Crippen molar-refractivity contribution < 1.29 is 26.1 Å². The summed E-state index contributed by atoms with van der Waals surface area (Å²) in [5.41, 5.74) is 0.585. The second kappa shape index (κ2) is 7.96. The van der Waals surface area contributed by atoms with Gasteiger partial charge in [0.2, 0.25) is 10.0 Å². The van der Waals surface area contributed by atoms with E-state index in [1.807, 2.05) is 31.2 Å². The summed E-state index contributed by atoms with van der Waals surface area (Å²) in [6, 6.07) is 11.5. The molecular weight excluding hydrogens is 407 g/mol. The molecule has 2 aromatic carbocycles. The zero-order valence-electron chi connectivity index (χ0n) is 15.6. The maximum atomic E-state index is 13.2. The number of halogens is 3. The maximum absolute atomic E-state index is 13.2. The second-order valence-corrected chi connectivity index (χ2v) is 8.47. The Kier molecular flexibility index (Phi) is 5.76. The van der Waals surface area contributed by atoms with E-state index in [1.54, 1.807) is 0 Å². The summed E-state index contributed by atoms with van der Waals surface area (Å²) in [7, 11) is -3.13. The lowest BCUT2D eigenvalue weighted by Crippen LogP contribution is -2.31. The molecule has 1 aromatic heterocycles. The summed E-state index contributed by atoms with van der Waals surface area (Å²) in [6.45, 7) is 1.83. The van der Waals surface area contributed by atoms with E-state index in [2.05, 4.69) is 10.1 Å². The predicted molar refractivity (Wildman–Crippen MR) is 99.4 cm³/mol. The third kappa shape index (κ3) is 4.65. The largest absolute Gasteiger partial charge is 0.417 e. The van der Waals surface area contributed by atoms with Gasteiger partial charge in [-0.3, -0.25) is 0 Å². The fourth-order valence-corrected chi connectivity index (χ4v) is 4.02. The van der Waals surface area contributed by atoms with E-state index in [-0.39, 0.29) is 24.7 Å². The number of aryl methyl sites for hydroxylation is 1. The van der Waals surface area contributed by atoms with E-state index in [0.717, 1.165) is 33.6 Å². The van der Waals surface area contributed by atoms with Crippen LogP contribution in [0.2, 0.25) is 0 Å². The van der Waals surface area contributed by atoms with Gasteiger partial charge >= 0.3 is 6.18 Å². The van der Waals surface area contributed by atoms with Crippen LogP contribution in [0.3, 0.4) is 0 Å². The quantitative estimate of drug-likeness (QED) is 0.598. The number of rotatable bonds is 6. The highest BCUT2D eigenvalue weighted by molar-refractivity contribution is 7.89. The van der Waals surface area contributed by atoms with Gasteiger partial charge < -0.3 is 4.52 Å². The van der Waals surface area contributed by atoms with Crippen LogP contribution in [0.25, 0.3) is 11.5 Å². The lowest BCUT2D eigenvalue weighted by atomic mass is 10.1. The van der Waals surface area contributed by atoms with Crippen LogP contribution in [0.15, 0.2) is 57.9 Å². The highest BCUT2D eigenvalue weighted by atomic mass is 32.2. The first-order chi connectivity index (χ1) is 13.6. The van der Waals surface area contributed by atoms with Gasteiger partial charge in [-0.15, -0.1) is 0 Å². The molecule has 0 amide bonds.